The zero-order valence-electron chi connectivity index (χ0n) is 16.1. The Kier molecular flexibility index (Phi) is 6.68. The lowest BCUT2D eigenvalue weighted by Gasteiger charge is -2.19. The molecule has 3 aromatic rings. The van der Waals surface area contributed by atoms with Crippen molar-refractivity contribution in [1.82, 2.24) is 10.5 Å². The van der Waals surface area contributed by atoms with Crippen LogP contribution in [0.3, 0.4) is 0 Å². The number of carbonyl (C=O) groups is 1. The summed E-state index contributed by atoms with van der Waals surface area (Å²) in [6.45, 7) is 1.92. The molecule has 0 spiro atoms. The second-order valence-electron chi connectivity index (χ2n) is 6.53. The molecule has 1 heterocycles. The maximum absolute atomic E-state index is 13.2. The number of anilines is 1. The summed E-state index contributed by atoms with van der Waals surface area (Å²) in [5.74, 6) is -0.566. The van der Waals surface area contributed by atoms with Crippen LogP contribution in [0.5, 0.6) is 0 Å². The van der Waals surface area contributed by atoms with Crippen LogP contribution in [0.25, 0.3) is 0 Å². The highest BCUT2D eigenvalue weighted by atomic mass is 19.4. The molecule has 1 amide bonds. The number of hydrogen-bond acceptors (Lipinski definition) is 4. The summed E-state index contributed by atoms with van der Waals surface area (Å²) in [6.07, 6.45) is -2.17. The molecule has 0 saturated heterocycles. The Bertz CT molecular complexity index is 994. The van der Waals surface area contributed by atoms with Gasteiger partial charge in [-0.3, -0.25) is 14.6 Å². The lowest BCUT2D eigenvalue weighted by Crippen LogP contribution is -2.27. The number of alkyl halides is 3. The molecule has 3 rings (SSSR count). The summed E-state index contributed by atoms with van der Waals surface area (Å²) in [5, 5.41) is 3.17. The topological polar surface area (TPSA) is 63.2 Å². The number of nitrogens with one attached hydrogen (secondary N) is 2. The molecule has 1 unspecified atom stereocenters. The molecule has 30 heavy (non-hydrogen) atoms. The van der Waals surface area contributed by atoms with Crippen molar-refractivity contribution in [1.29, 1.82) is 0 Å². The van der Waals surface area contributed by atoms with Crippen LogP contribution in [0.2, 0.25) is 0 Å². The van der Waals surface area contributed by atoms with Gasteiger partial charge in [-0.1, -0.05) is 30.3 Å². The van der Waals surface area contributed by atoms with Gasteiger partial charge in [0.1, 0.15) is 6.10 Å². The zero-order valence-corrected chi connectivity index (χ0v) is 16.1. The number of hydrogen-bond donors (Lipinski definition) is 2. The van der Waals surface area contributed by atoms with E-state index in [0.717, 1.165) is 11.6 Å². The van der Waals surface area contributed by atoms with E-state index in [4.69, 9.17) is 4.84 Å². The number of hydroxylamine groups is 1. The molecule has 0 bridgehead atoms. The van der Waals surface area contributed by atoms with Gasteiger partial charge in [0.05, 0.1) is 11.1 Å². The highest BCUT2D eigenvalue weighted by Crippen LogP contribution is 2.35. The molecular weight excluding hydrogens is 395 g/mol. The average molecular weight is 415 g/mol. The van der Waals surface area contributed by atoms with Gasteiger partial charge in [0.25, 0.3) is 5.91 Å². The number of para-hydroxylation sites is 1. The third kappa shape index (κ3) is 5.36. The first kappa shape index (κ1) is 21.3. The SMILES string of the molecule is CC(ONC(=O)c1ccccc1NCc1ccncc1)c1ccccc1C(F)(F)F. The van der Waals surface area contributed by atoms with E-state index in [9.17, 15) is 18.0 Å². The quantitative estimate of drug-likeness (QED) is 0.525. The molecule has 0 radical (unpaired) electrons. The minimum Gasteiger partial charge on any atom is -0.380 e. The predicted octanol–water partition coefficient (Wildman–Crippen LogP) is 5.14. The standard InChI is InChI=1S/C22H20F3N3O2/c1-15(17-6-2-4-8-19(17)22(23,24)25)30-28-21(29)18-7-3-5-9-20(18)27-14-16-10-12-26-13-11-16/h2-13,15,27H,14H2,1H3,(H,28,29). The maximum atomic E-state index is 13.2. The minimum absolute atomic E-state index is 0.0607. The number of amides is 1. The Hall–Kier alpha value is -3.39. The summed E-state index contributed by atoms with van der Waals surface area (Å²) in [7, 11) is 0. The molecule has 0 aliphatic heterocycles. The molecule has 156 valence electrons. The maximum Gasteiger partial charge on any atom is 0.416 e. The van der Waals surface area contributed by atoms with Gasteiger partial charge in [0, 0.05) is 24.6 Å². The number of benzene rings is 2. The van der Waals surface area contributed by atoms with Gasteiger partial charge in [0.2, 0.25) is 0 Å². The molecule has 2 N–H and O–H groups in total. The Balaban J connectivity index is 1.67. The molecule has 2 aromatic carbocycles. The first-order valence-corrected chi connectivity index (χ1v) is 9.20. The summed E-state index contributed by atoms with van der Waals surface area (Å²) in [4.78, 5) is 21.8. The van der Waals surface area contributed by atoms with Crippen LogP contribution in [0.15, 0.2) is 73.1 Å². The second-order valence-corrected chi connectivity index (χ2v) is 6.53. The van der Waals surface area contributed by atoms with E-state index in [1.165, 1.54) is 25.1 Å². The summed E-state index contributed by atoms with van der Waals surface area (Å²) >= 11 is 0. The van der Waals surface area contributed by atoms with Gasteiger partial charge >= 0.3 is 6.18 Å². The number of nitrogens with zero attached hydrogens (tertiary/aromatic N) is 1. The molecule has 0 aliphatic rings. The van der Waals surface area contributed by atoms with Crippen molar-refractivity contribution in [3.63, 3.8) is 0 Å². The number of carbonyl (C=O) groups excluding carboxylic acids is 1. The van der Waals surface area contributed by atoms with Gasteiger partial charge in [-0.2, -0.15) is 13.2 Å². The van der Waals surface area contributed by atoms with Crippen LogP contribution in [0, 0.1) is 0 Å². The molecule has 8 heteroatoms. The van der Waals surface area contributed by atoms with Crippen LogP contribution < -0.4 is 10.8 Å². The molecule has 1 aromatic heterocycles. The van der Waals surface area contributed by atoms with E-state index in [0.29, 0.717) is 17.8 Å². The third-order valence-corrected chi connectivity index (χ3v) is 4.44. The average Bonchev–Trinajstić information content (AvgIpc) is 2.76. The molecule has 1 atom stereocenters. The fourth-order valence-corrected chi connectivity index (χ4v) is 2.90. The third-order valence-electron chi connectivity index (χ3n) is 4.44. The van der Waals surface area contributed by atoms with Gasteiger partial charge < -0.3 is 5.32 Å². The smallest absolute Gasteiger partial charge is 0.380 e. The van der Waals surface area contributed by atoms with Crippen molar-refractivity contribution in [2.24, 2.45) is 0 Å². The van der Waals surface area contributed by atoms with Crippen molar-refractivity contribution in [3.8, 4) is 0 Å². The van der Waals surface area contributed by atoms with E-state index >= 15 is 0 Å². The van der Waals surface area contributed by atoms with Crippen molar-refractivity contribution < 1.29 is 22.8 Å². The molecule has 5 nitrogen and oxygen atoms in total. The lowest BCUT2D eigenvalue weighted by atomic mass is 10.0. The Morgan fingerprint density at radius 1 is 1.03 bits per heavy atom. The van der Waals surface area contributed by atoms with Crippen LogP contribution in [0.1, 0.15) is 40.1 Å². The predicted molar refractivity (Wildman–Crippen MR) is 106 cm³/mol. The van der Waals surface area contributed by atoms with E-state index in [1.807, 2.05) is 12.1 Å². The van der Waals surface area contributed by atoms with Crippen LogP contribution in [-0.2, 0) is 17.6 Å². The van der Waals surface area contributed by atoms with Crippen molar-refractivity contribution >= 4 is 11.6 Å². The normalized spacial score (nSPS) is 12.3. The van der Waals surface area contributed by atoms with E-state index in [2.05, 4.69) is 15.8 Å². The number of rotatable bonds is 7. The van der Waals surface area contributed by atoms with Gasteiger partial charge in [-0.25, -0.2) is 5.48 Å². The monoisotopic (exact) mass is 415 g/mol. The van der Waals surface area contributed by atoms with Gasteiger partial charge in [-0.05, 0) is 48.4 Å². The molecular formula is C22H20F3N3O2. The molecule has 0 saturated carbocycles. The highest BCUT2D eigenvalue weighted by molar-refractivity contribution is 5.99. The van der Waals surface area contributed by atoms with E-state index < -0.39 is 23.8 Å². The lowest BCUT2D eigenvalue weighted by molar-refractivity contribution is -0.139. The van der Waals surface area contributed by atoms with E-state index in [1.54, 1.807) is 36.7 Å². The summed E-state index contributed by atoms with van der Waals surface area (Å²) in [5.41, 5.74) is 3.25. The van der Waals surface area contributed by atoms with E-state index in [-0.39, 0.29) is 5.56 Å². The zero-order chi connectivity index (χ0) is 21.6. The second kappa shape index (κ2) is 9.41. The van der Waals surface area contributed by atoms with Crippen LogP contribution in [-0.4, -0.2) is 10.9 Å². The Labute approximate surface area is 171 Å². The van der Waals surface area contributed by atoms with Crippen LogP contribution in [0.4, 0.5) is 18.9 Å². The Morgan fingerprint density at radius 3 is 2.43 bits per heavy atom. The molecule has 0 fully saturated rings. The van der Waals surface area contributed by atoms with Crippen LogP contribution >= 0.6 is 0 Å². The van der Waals surface area contributed by atoms with Gasteiger partial charge in [0.15, 0.2) is 0 Å². The van der Waals surface area contributed by atoms with Gasteiger partial charge in [-0.15, -0.1) is 0 Å². The first-order chi connectivity index (χ1) is 14.4. The highest BCUT2D eigenvalue weighted by Gasteiger charge is 2.34. The number of aromatic nitrogens is 1. The number of pyridine rings is 1. The van der Waals surface area contributed by atoms with Crippen molar-refractivity contribution in [3.05, 3.63) is 95.3 Å². The Morgan fingerprint density at radius 2 is 1.70 bits per heavy atom. The molecule has 0 aliphatic carbocycles. The van der Waals surface area contributed by atoms with Crippen molar-refractivity contribution in [2.45, 2.75) is 25.7 Å². The minimum atomic E-state index is -4.51. The first-order valence-electron chi connectivity index (χ1n) is 9.20. The summed E-state index contributed by atoms with van der Waals surface area (Å²) in [6, 6.07) is 15.6. The summed E-state index contributed by atoms with van der Waals surface area (Å²) < 4.78 is 39.6. The largest absolute Gasteiger partial charge is 0.416 e. The fraction of sp³-hybridized carbons (Fsp3) is 0.182. The van der Waals surface area contributed by atoms with Crippen molar-refractivity contribution in [2.75, 3.05) is 5.32 Å². The fourth-order valence-electron chi connectivity index (χ4n) is 2.90. The number of halogens is 3.